The average molecular weight is 461 g/mol. The van der Waals surface area contributed by atoms with E-state index in [0.29, 0.717) is 18.5 Å². The molecule has 3 nitrogen and oxygen atoms in total. The van der Waals surface area contributed by atoms with Crippen LogP contribution < -0.4 is 0 Å². The lowest BCUT2D eigenvalue weighted by molar-refractivity contribution is 0.572. The van der Waals surface area contributed by atoms with Crippen LogP contribution in [0.3, 0.4) is 0 Å². The molecule has 0 N–H and O–H groups in total. The summed E-state index contributed by atoms with van der Waals surface area (Å²) in [4.78, 5) is 0.514. The molecule has 0 unspecified atom stereocenters. The third kappa shape index (κ3) is 5.45. The topological polar surface area (TPSA) is 51.2 Å². The van der Waals surface area contributed by atoms with E-state index in [4.69, 9.17) is 0 Å². The third-order valence-electron chi connectivity index (χ3n) is 5.39. The van der Waals surface area contributed by atoms with Crippen LogP contribution in [0.25, 0.3) is 0 Å². The van der Waals surface area contributed by atoms with Gasteiger partial charge in [0.25, 0.3) is 0 Å². The van der Waals surface area contributed by atoms with Gasteiger partial charge in [-0.2, -0.15) is 0 Å². The zero-order chi connectivity index (χ0) is 22.4. The molecule has 32 heavy (non-hydrogen) atoms. The Labute approximate surface area is 190 Å². The molecule has 0 aliphatic carbocycles. The van der Waals surface area contributed by atoms with Gasteiger partial charge in [0.15, 0.2) is 0 Å². The number of hydrogen-bond acceptors (Lipinski definition) is 3. The van der Waals surface area contributed by atoms with Crippen molar-refractivity contribution in [1.29, 1.82) is 0 Å². The van der Waals surface area contributed by atoms with E-state index in [1.165, 1.54) is 0 Å². The molecule has 0 spiro atoms. The SMILES string of the molecule is O=P(Cc1ccccc1)(Cc1ccccc1)Cc1ccc(S(=O)(=O)c2ccccc2)cc1. The Morgan fingerprint density at radius 3 is 1.25 bits per heavy atom. The summed E-state index contributed by atoms with van der Waals surface area (Å²) in [6.45, 7) is 0. The van der Waals surface area contributed by atoms with Crippen molar-refractivity contribution in [3.63, 3.8) is 0 Å². The van der Waals surface area contributed by atoms with Gasteiger partial charge in [-0.1, -0.05) is 91.0 Å². The number of rotatable bonds is 8. The smallest absolute Gasteiger partial charge is 0.206 e. The van der Waals surface area contributed by atoms with Crippen molar-refractivity contribution < 1.29 is 13.0 Å². The fraction of sp³-hybridized carbons (Fsp3) is 0.111. The monoisotopic (exact) mass is 460 g/mol. The van der Waals surface area contributed by atoms with E-state index in [-0.39, 0.29) is 9.79 Å². The second kappa shape index (κ2) is 9.68. The minimum absolute atomic E-state index is 0.244. The molecular weight excluding hydrogens is 435 g/mol. The van der Waals surface area contributed by atoms with Gasteiger partial charge < -0.3 is 4.57 Å². The van der Waals surface area contributed by atoms with Crippen LogP contribution in [0.5, 0.6) is 0 Å². The molecule has 0 fully saturated rings. The van der Waals surface area contributed by atoms with E-state index in [1.807, 2.05) is 60.7 Å². The largest absolute Gasteiger partial charge is 0.323 e. The molecule has 0 bridgehead atoms. The minimum atomic E-state index is -3.57. The Bertz CT molecular complexity index is 1260. The van der Waals surface area contributed by atoms with Crippen LogP contribution in [0.1, 0.15) is 16.7 Å². The molecule has 0 amide bonds. The normalized spacial score (nSPS) is 11.9. The molecule has 0 atom stereocenters. The van der Waals surface area contributed by atoms with Crippen molar-refractivity contribution in [3.05, 3.63) is 132 Å². The highest BCUT2D eigenvalue weighted by Gasteiger charge is 2.25. The summed E-state index contributed by atoms with van der Waals surface area (Å²) in [6, 6.07) is 35.0. The lowest BCUT2D eigenvalue weighted by Gasteiger charge is -2.19. The van der Waals surface area contributed by atoms with E-state index in [0.717, 1.165) is 16.7 Å². The highest BCUT2D eigenvalue weighted by Crippen LogP contribution is 2.55. The van der Waals surface area contributed by atoms with Crippen molar-refractivity contribution in [2.24, 2.45) is 0 Å². The van der Waals surface area contributed by atoms with E-state index < -0.39 is 17.0 Å². The van der Waals surface area contributed by atoms with Crippen LogP contribution in [0.15, 0.2) is 125 Å². The molecule has 0 aromatic heterocycles. The molecule has 5 heteroatoms. The van der Waals surface area contributed by atoms with Crippen LogP contribution in [0.2, 0.25) is 0 Å². The third-order valence-corrected chi connectivity index (χ3v) is 9.99. The zero-order valence-corrected chi connectivity index (χ0v) is 19.4. The van der Waals surface area contributed by atoms with Gasteiger partial charge in [-0.25, -0.2) is 8.42 Å². The predicted octanol–water partition coefficient (Wildman–Crippen LogP) is 6.78. The molecule has 4 rings (SSSR count). The van der Waals surface area contributed by atoms with Crippen molar-refractivity contribution >= 4 is 17.0 Å². The van der Waals surface area contributed by atoms with Crippen molar-refractivity contribution in [2.45, 2.75) is 28.3 Å². The predicted molar refractivity (Wildman–Crippen MR) is 130 cm³/mol. The standard InChI is InChI=1S/C27H25O3PS/c28-31(20-23-10-4-1-5-11-23,21-24-12-6-2-7-13-24)22-25-16-18-27(19-17-25)32(29,30)26-14-8-3-9-15-26/h1-19H,20-22H2. The molecule has 0 aliphatic heterocycles. The molecule has 4 aromatic carbocycles. The molecule has 0 radical (unpaired) electrons. The minimum Gasteiger partial charge on any atom is -0.323 e. The lowest BCUT2D eigenvalue weighted by Crippen LogP contribution is -2.02. The van der Waals surface area contributed by atoms with Crippen molar-refractivity contribution in [2.75, 3.05) is 0 Å². The number of sulfone groups is 1. The maximum absolute atomic E-state index is 14.1. The summed E-state index contributed by atoms with van der Waals surface area (Å²) in [7, 11) is -6.21. The van der Waals surface area contributed by atoms with E-state index in [1.54, 1.807) is 54.6 Å². The van der Waals surface area contributed by atoms with Gasteiger partial charge in [0.05, 0.1) is 9.79 Å². The summed E-state index contributed by atoms with van der Waals surface area (Å²) in [5.41, 5.74) is 2.98. The highest BCUT2D eigenvalue weighted by molar-refractivity contribution is 7.91. The van der Waals surface area contributed by atoms with Crippen LogP contribution in [0.4, 0.5) is 0 Å². The Kier molecular flexibility index (Phi) is 6.74. The fourth-order valence-corrected chi connectivity index (χ4v) is 8.09. The zero-order valence-electron chi connectivity index (χ0n) is 17.7. The summed E-state index contributed by atoms with van der Waals surface area (Å²) >= 11 is 0. The molecule has 162 valence electrons. The highest BCUT2D eigenvalue weighted by atomic mass is 32.2. The first kappa shape index (κ1) is 22.3. The van der Waals surface area contributed by atoms with Crippen LogP contribution in [0, 0.1) is 0 Å². The maximum atomic E-state index is 14.1. The Hall–Kier alpha value is -2.94. The quantitative estimate of drug-likeness (QED) is 0.272. The van der Waals surface area contributed by atoms with E-state index in [2.05, 4.69) is 0 Å². The fourth-order valence-electron chi connectivity index (χ4n) is 3.84. The molecule has 4 aromatic rings. The lowest BCUT2D eigenvalue weighted by atomic mass is 10.2. The van der Waals surface area contributed by atoms with Crippen LogP contribution >= 0.6 is 7.14 Å². The Morgan fingerprint density at radius 2 is 0.812 bits per heavy atom. The Morgan fingerprint density at radius 1 is 0.469 bits per heavy atom. The van der Waals surface area contributed by atoms with Crippen LogP contribution in [-0.4, -0.2) is 8.42 Å². The average Bonchev–Trinajstić information content (AvgIpc) is 2.81. The molecule has 0 saturated carbocycles. The first-order valence-corrected chi connectivity index (χ1v) is 14.2. The second-order valence-corrected chi connectivity index (χ2v) is 13.0. The van der Waals surface area contributed by atoms with E-state index in [9.17, 15) is 13.0 Å². The Balaban J connectivity index is 1.60. The van der Waals surface area contributed by atoms with Crippen molar-refractivity contribution in [1.82, 2.24) is 0 Å². The number of benzene rings is 4. The molecular formula is C27H25O3PS. The van der Waals surface area contributed by atoms with Crippen molar-refractivity contribution in [3.8, 4) is 0 Å². The summed E-state index contributed by atoms with van der Waals surface area (Å²) in [5.74, 6) is 0. The molecule has 0 heterocycles. The van der Waals surface area contributed by atoms with E-state index >= 15 is 0 Å². The van der Waals surface area contributed by atoms with Gasteiger partial charge in [0.1, 0.15) is 7.14 Å². The van der Waals surface area contributed by atoms with Gasteiger partial charge in [-0.05, 0) is 41.0 Å². The van der Waals surface area contributed by atoms with Gasteiger partial charge in [-0.3, -0.25) is 0 Å². The summed E-state index contributed by atoms with van der Waals surface area (Å²) in [5, 5.41) is 0. The number of hydrogen-bond donors (Lipinski definition) is 0. The van der Waals surface area contributed by atoms with Gasteiger partial charge in [0, 0.05) is 18.5 Å². The van der Waals surface area contributed by atoms with Gasteiger partial charge in [-0.15, -0.1) is 0 Å². The first-order chi connectivity index (χ1) is 15.4. The molecule has 0 aliphatic rings. The van der Waals surface area contributed by atoms with Gasteiger partial charge in [0.2, 0.25) is 9.84 Å². The second-order valence-electron chi connectivity index (χ2n) is 7.96. The van der Waals surface area contributed by atoms with Crippen LogP contribution in [-0.2, 0) is 32.9 Å². The summed E-state index contributed by atoms with van der Waals surface area (Å²) < 4.78 is 39.8. The van der Waals surface area contributed by atoms with Gasteiger partial charge >= 0.3 is 0 Å². The maximum Gasteiger partial charge on any atom is 0.206 e. The first-order valence-electron chi connectivity index (χ1n) is 10.5. The molecule has 0 saturated heterocycles. The summed E-state index contributed by atoms with van der Waals surface area (Å²) in [6.07, 6.45) is 1.43.